The summed E-state index contributed by atoms with van der Waals surface area (Å²) in [6, 6.07) is -0.241. The van der Waals surface area contributed by atoms with Gasteiger partial charge in [-0.2, -0.15) is 0 Å². The van der Waals surface area contributed by atoms with E-state index >= 15 is 0 Å². The number of amides is 1. The van der Waals surface area contributed by atoms with E-state index in [-0.39, 0.29) is 61.9 Å². The number of nitrogens with zero attached hydrogens (tertiary/aromatic N) is 1. The smallest absolute Gasteiger partial charge is 0.217 e. The molecule has 0 aliphatic rings. The van der Waals surface area contributed by atoms with Crippen molar-refractivity contribution < 1.29 is 54.0 Å². The number of carbonyl (C=O) groups is 1. The van der Waals surface area contributed by atoms with Gasteiger partial charge < -0.3 is 15.4 Å². The van der Waals surface area contributed by atoms with Crippen molar-refractivity contribution in [3.63, 3.8) is 0 Å². The Morgan fingerprint density at radius 2 is 2.24 bits per heavy atom. The van der Waals surface area contributed by atoms with E-state index < -0.39 is 6.10 Å². The van der Waals surface area contributed by atoms with Gasteiger partial charge in [0.2, 0.25) is 5.91 Å². The van der Waals surface area contributed by atoms with Crippen LogP contribution in [0.1, 0.15) is 38.9 Å². The normalized spacial score (nSPS) is 15.5. The average molecular weight is 452 g/mol. The van der Waals surface area contributed by atoms with E-state index in [4.69, 9.17) is 0 Å². The standard InChI is InChI=1S/C11H19N3O2.Ac/c1-7(11-12-4-5-13-11)6-10(16)8(2)14-9(3)15;/h4-5,7-8,10,16H,6H2,1-3H3,(H,12,13)(H,14,15);. The van der Waals surface area contributed by atoms with E-state index in [9.17, 15) is 9.90 Å². The van der Waals surface area contributed by atoms with Crippen LogP contribution in [0.15, 0.2) is 12.4 Å². The molecule has 3 unspecified atom stereocenters. The summed E-state index contributed by atoms with van der Waals surface area (Å²) < 4.78 is 0. The van der Waals surface area contributed by atoms with Crippen LogP contribution in [-0.4, -0.2) is 33.1 Å². The van der Waals surface area contributed by atoms with Gasteiger partial charge in [0.25, 0.3) is 0 Å². The Bertz CT molecular complexity index is 329. The fourth-order valence-corrected chi connectivity index (χ4v) is 1.64. The molecule has 0 bridgehead atoms. The number of aliphatic hydroxyl groups excluding tert-OH is 1. The van der Waals surface area contributed by atoms with Gasteiger partial charge in [-0.05, 0) is 13.3 Å². The maximum Gasteiger partial charge on any atom is 0.217 e. The van der Waals surface area contributed by atoms with Crippen LogP contribution in [0.2, 0.25) is 0 Å². The zero-order valence-electron chi connectivity index (χ0n) is 10.5. The molecule has 0 saturated heterocycles. The minimum Gasteiger partial charge on any atom is -0.391 e. The number of aliphatic hydroxyl groups is 1. The molecule has 0 aliphatic heterocycles. The second-order valence-electron chi connectivity index (χ2n) is 4.17. The molecule has 17 heavy (non-hydrogen) atoms. The SMILES string of the molecule is CC(=O)NC(C)C(O)CC(C)c1ncc[nH]1.[Ac]. The Labute approximate surface area is 137 Å². The van der Waals surface area contributed by atoms with Gasteiger partial charge in [0, 0.05) is 69.3 Å². The summed E-state index contributed by atoms with van der Waals surface area (Å²) in [5.41, 5.74) is 0. The molecule has 1 aromatic heterocycles. The molecule has 3 atom stereocenters. The zero-order valence-corrected chi connectivity index (χ0v) is 15.2. The van der Waals surface area contributed by atoms with E-state index in [2.05, 4.69) is 15.3 Å². The number of H-pyrrole nitrogens is 1. The predicted molar refractivity (Wildman–Crippen MR) is 60.9 cm³/mol. The first kappa shape index (κ1) is 17.1. The van der Waals surface area contributed by atoms with Crippen LogP contribution >= 0.6 is 0 Å². The molecule has 93 valence electrons. The van der Waals surface area contributed by atoms with Crippen LogP contribution in [0, 0.1) is 44.1 Å². The van der Waals surface area contributed by atoms with E-state index in [1.165, 1.54) is 6.92 Å². The largest absolute Gasteiger partial charge is 0.391 e. The summed E-state index contributed by atoms with van der Waals surface area (Å²) in [4.78, 5) is 18.0. The van der Waals surface area contributed by atoms with Gasteiger partial charge in [-0.3, -0.25) is 4.79 Å². The van der Waals surface area contributed by atoms with E-state index in [1.807, 2.05) is 6.92 Å². The monoisotopic (exact) mass is 452 g/mol. The van der Waals surface area contributed by atoms with Crippen molar-refractivity contribution in [2.45, 2.75) is 45.3 Å². The van der Waals surface area contributed by atoms with Gasteiger partial charge in [0.15, 0.2) is 0 Å². The van der Waals surface area contributed by atoms with Crippen LogP contribution < -0.4 is 5.32 Å². The summed E-state index contributed by atoms with van der Waals surface area (Å²) in [6.45, 7) is 5.22. The van der Waals surface area contributed by atoms with Gasteiger partial charge in [-0.25, -0.2) is 4.98 Å². The van der Waals surface area contributed by atoms with Gasteiger partial charge in [-0.1, -0.05) is 6.92 Å². The Hall–Kier alpha value is 0.0816. The molecule has 5 nitrogen and oxygen atoms in total. The molecule has 0 fully saturated rings. The fraction of sp³-hybridized carbons (Fsp3) is 0.636. The maximum atomic E-state index is 10.8. The molecule has 0 aromatic carbocycles. The van der Waals surface area contributed by atoms with E-state index in [0.29, 0.717) is 6.42 Å². The molecule has 6 heteroatoms. The molecule has 0 spiro atoms. The van der Waals surface area contributed by atoms with Crippen LogP contribution in [0.5, 0.6) is 0 Å². The molecule has 0 aliphatic carbocycles. The van der Waals surface area contributed by atoms with Crippen molar-refractivity contribution in [1.29, 1.82) is 0 Å². The minimum absolute atomic E-state index is 0. The molecular formula is C11H19AcN3O2. The molecular weight excluding hydrogens is 433 g/mol. The molecule has 1 aromatic rings. The number of carbonyl (C=O) groups excluding carboxylic acids is 1. The van der Waals surface area contributed by atoms with Crippen LogP contribution in [-0.2, 0) is 4.79 Å². The molecule has 1 amide bonds. The quantitative estimate of drug-likeness (QED) is 0.619. The van der Waals surface area contributed by atoms with Gasteiger partial charge in [0.1, 0.15) is 5.82 Å². The number of aromatic amines is 1. The third kappa shape index (κ3) is 5.99. The molecule has 0 saturated carbocycles. The topological polar surface area (TPSA) is 78.0 Å². The summed E-state index contributed by atoms with van der Waals surface area (Å²) in [6.07, 6.45) is 3.45. The average Bonchev–Trinajstić information content (AvgIpc) is 2.68. The number of rotatable bonds is 5. The maximum absolute atomic E-state index is 10.8. The van der Waals surface area contributed by atoms with Crippen molar-refractivity contribution in [3.05, 3.63) is 18.2 Å². The van der Waals surface area contributed by atoms with Crippen molar-refractivity contribution in [3.8, 4) is 0 Å². The number of nitrogens with one attached hydrogen (secondary N) is 2. The number of hydrogen-bond acceptors (Lipinski definition) is 3. The van der Waals surface area contributed by atoms with Crippen molar-refractivity contribution in [2.24, 2.45) is 0 Å². The third-order valence-corrected chi connectivity index (χ3v) is 2.59. The Morgan fingerprint density at radius 1 is 1.59 bits per heavy atom. The first-order valence-electron chi connectivity index (χ1n) is 5.45. The van der Waals surface area contributed by atoms with Gasteiger partial charge >= 0.3 is 0 Å². The van der Waals surface area contributed by atoms with Gasteiger partial charge in [0.05, 0.1) is 12.1 Å². The zero-order chi connectivity index (χ0) is 12.1. The van der Waals surface area contributed by atoms with E-state index in [0.717, 1.165) is 5.82 Å². The van der Waals surface area contributed by atoms with Gasteiger partial charge in [-0.15, -0.1) is 0 Å². The Kier molecular flexibility index (Phi) is 8.27. The Morgan fingerprint density at radius 3 is 2.71 bits per heavy atom. The third-order valence-electron chi connectivity index (χ3n) is 2.59. The number of imidazole rings is 1. The molecule has 1 rings (SSSR count). The first-order chi connectivity index (χ1) is 7.50. The molecule has 1 heterocycles. The molecule has 3 N–H and O–H groups in total. The van der Waals surface area contributed by atoms with Crippen molar-refractivity contribution >= 4 is 5.91 Å². The summed E-state index contributed by atoms with van der Waals surface area (Å²) >= 11 is 0. The van der Waals surface area contributed by atoms with Crippen LogP contribution in [0.3, 0.4) is 0 Å². The second kappa shape index (κ2) is 8.23. The second-order valence-corrected chi connectivity index (χ2v) is 4.17. The summed E-state index contributed by atoms with van der Waals surface area (Å²) in [5, 5.41) is 12.6. The van der Waals surface area contributed by atoms with Crippen molar-refractivity contribution in [1.82, 2.24) is 15.3 Å². The number of aromatic nitrogens is 2. The Balaban J connectivity index is 0.00000256. The van der Waals surface area contributed by atoms with Crippen LogP contribution in [0.4, 0.5) is 0 Å². The molecule has 1 radical (unpaired) electrons. The summed E-state index contributed by atoms with van der Waals surface area (Å²) in [7, 11) is 0. The fourth-order valence-electron chi connectivity index (χ4n) is 1.64. The van der Waals surface area contributed by atoms with E-state index in [1.54, 1.807) is 19.3 Å². The minimum atomic E-state index is -0.566. The number of hydrogen-bond donors (Lipinski definition) is 3. The van der Waals surface area contributed by atoms with Crippen LogP contribution in [0.25, 0.3) is 0 Å². The summed E-state index contributed by atoms with van der Waals surface area (Å²) in [5.74, 6) is 0.868. The predicted octanol–water partition coefficient (Wildman–Crippen LogP) is 0.789. The van der Waals surface area contributed by atoms with Crippen molar-refractivity contribution in [2.75, 3.05) is 0 Å². The first-order valence-corrected chi connectivity index (χ1v) is 5.45.